The number of carbonyl (C=O) groups excluding carboxylic acids is 2. The third kappa shape index (κ3) is 4.39. The van der Waals surface area contributed by atoms with Crippen LogP contribution < -0.4 is 15.5 Å². The van der Waals surface area contributed by atoms with Crippen LogP contribution in [-0.4, -0.2) is 36.5 Å². The van der Waals surface area contributed by atoms with Crippen LogP contribution >= 0.6 is 11.6 Å². The lowest BCUT2D eigenvalue weighted by atomic mass is 10.2. The average molecular weight is 399 g/mol. The number of anilines is 1. The minimum absolute atomic E-state index is 0.0194. The summed E-state index contributed by atoms with van der Waals surface area (Å²) in [6.45, 7) is 1.29. The first kappa shape index (κ1) is 19.2. The molecule has 28 heavy (non-hydrogen) atoms. The van der Waals surface area contributed by atoms with E-state index in [9.17, 15) is 19.7 Å². The topological polar surface area (TPSA) is 105 Å². The third-order valence-corrected chi connectivity index (χ3v) is 4.34. The van der Waals surface area contributed by atoms with Crippen molar-refractivity contribution in [2.75, 3.05) is 24.5 Å². The van der Waals surface area contributed by atoms with Gasteiger partial charge in [-0.15, -0.1) is 0 Å². The summed E-state index contributed by atoms with van der Waals surface area (Å²) in [4.78, 5) is 35.6. The number of hydrogen-bond donors (Lipinski definition) is 2. The predicted octanol–water partition coefficient (Wildman–Crippen LogP) is 2.56. The fourth-order valence-electron chi connectivity index (χ4n) is 2.61. The van der Waals surface area contributed by atoms with Gasteiger partial charge in [-0.1, -0.05) is 23.4 Å². The van der Waals surface area contributed by atoms with Crippen molar-refractivity contribution in [2.45, 2.75) is 0 Å². The van der Waals surface area contributed by atoms with Crippen molar-refractivity contribution in [1.82, 2.24) is 10.6 Å². The van der Waals surface area contributed by atoms with Crippen molar-refractivity contribution in [3.05, 3.63) is 68.7 Å². The SMILES string of the molecule is O=C(NCC#Cc1ccc(N2CCNC2=O)cc1)c1cc([N+](=O)[O-])ccc1Cl. The Morgan fingerprint density at radius 3 is 2.68 bits per heavy atom. The Labute approximate surface area is 165 Å². The zero-order chi connectivity index (χ0) is 20.1. The zero-order valence-corrected chi connectivity index (χ0v) is 15.3. The molecule has 1 aliphatic heterocycles. The molecule has 8 nitrogen and oxygen atoms in total. The Bertz CT molecular complexity index is 995. The molecule has 9 heteroatoms. The van der Waals surface area contributed by atoms with Gasteiger partial charge in [-0.25, -0.2) is 4.79 Å². The average Bonchev–Trinajstić information content (AvgIpc) is 3.11. The Morgan fingerprint density at radius 1 is 1.29 bits per heavy atom. The molecule has 2 N–H and O–H groups in total. The van der Waals surface area contributed by atoms with Crippen LogP contribution in [-0.2, 0) is 0 Å². The van der Waals surface area contributed by atoms with Crippen LogP contribution in [0.4, 0.5) is 16.2 Å². The molecular formula is C19H15ClN4O4. The van der Waals surface area contributed by atoms with E-state index < -0.39 is 10.8 Å². The molecule has 0 saturated carbocycles. The number of nitrogens with zero attached hydrogens (tertiary/aromatic N) is 2. The van der Waals surface area contributed by atoms with E-state index in [-0.39, 0.29) is 28.8 Å². The summed E-state index contributed by atoms with van der Waals surface area (Å²) in [5.41, 5.74) is 1.32. The van der Waals surface area contributed by atoms with Crippen LogP contribution in [0.3, 0.4) is 0 Å². The molecule has 0 aliphatic carbocycles. The van der Waals surface area contributed by atoms with Crippen molar-refractivity contribution in [1.29, 1.82) is 0 Å². The first-order chi connectivity index (χ1) is 13.5. The molecule has 2 aromatic carbocycles. The number of hydrogen-bond acceptors (Lipinski definition) is 4. The van der Waals surface area contributed by atoms with E-state index in [2.05, 4.69) is 22.5 Å². The van der Waals surface area contributed by atoms with Gasteiger partial charge < -0.3 is 10.6 Å². The highest BCUT2D eigenvalue weighted by Gasteiger charge is 2.20. The minimum atomic E-state index is -0.595. The van der Waals surface area contributed by atoms with Crippen molar-refractivity contribution in [3.8, 4) is 11.8 Å². The maximum absolute atomic E-state index is 12.1. The Kier molecular flexibility index (Phi) is 5.77. The van der Waals surface area contributed by atoms with Gasteiger partial charge in [-0.05, 0) is 30.3 Å². The van der Waals surface area contributed by atoms with Crippen molar-refractivity contribution in [2.24, 2.45) is 0 Å². The predicted molar refractivity (Wildman–Crippen MR) is 105 cm³/mol. The number of urea groups is 1. The number of non-ortho nitro benzene ring substituents is 1. The highest BCUT2D eigenvalue weighted by molar-refractivity contribution is 6.33. The summed E-state index contributed by atoms with van der Waals surface area (Å²) in [6.07, 6.45) is 0. The highest BCUT2D eigenvalue weighted by atomic mass is 35.5. The zero-order valence-electron chi connectivity index (χ0n) is 14.6. The van der Waals surface area contributed by atoms with E-state index in [1.165, 1.54) is 12.1 Å². The lowest BCUT2D eigenvalue weighted by Gasteiger charge is -2.13. The molecule has 3 amide bonds. The fourth-order valence-corrected chi connectivity index (χ4v) is 2.81. The monoisotopic (exact) mass is 398 g/mol. The first-order valence-corrected chi connectivity index (χ1v) is 8.70. The van der Waals surface area contributed by atoms with Gasteiger partial charge in [0.15, 0.2) is 0 Å². The smallest absolute Gasteiger partial charge is 0.321 e. The first-order valence-electron chi connectivity index (χ1n) is 8.32. The molecule has 1 aliphatic rings. The number of rotatable bonds is 4. The lowest BCUT2D eigenvalue weighted by Crippen LogP contribution is -2.27. The maximum atomic E-state index is 12.1. The van der Waals surface area contributed by atoms with Gasteiger partial charge in [-0.3, -0.25) is 19.8 Å². The van der Waals surface area contributed by atoms with Gasteiger partial charge in [0.2, 0.25) is 0 Å². The molecule has 0 atom stereocenters. The van der Waals surface area contributed by atoms with Crippen LogP contribution in [0, 0.1) is 22.0 Å². The van der Waals surface area contributed by atoms with Gasteiger partial charge in [0.1, 0.15) is 0 Å². The van der Waals surface area contributed by atoms with Crippen LogP contribution in [0.25, 0.3) is 0 Å². The molecule has 142 valence electrons. The normalized spacial score (nSPS) is 12.8. The number of benzene rings is 2. The number of nitrogens with one attached hydrogen (secondary N) is 2. The fraction of sp³-hybridized carbons (Fsp3) is 0.158. The van der Waals surface area contributed by atoms with Gasteiger partial charge in [0.05, 0.1) is 22.1 Å². The highest BCUT2D eigenvalue weighted by Crippen LogP contribution is 2.22. The molecule has 0 bridgehead atoms. The van der Waals surface area contributed by atoms with Crippen LogP contribution in [0.2, 0.25) is 5.02 Å². The Balaban J connectivity index is 1.59. The number of nitro groups is 1. The molecule has 0 radical (unpaired) electrons. The quantitative estimate of drug-likeness (QED) is 0.469. The van der Waals surface area contributed by atoms with E-state index in [1.54, 1.807) is 29.2 Å². The van der Waals surface area contributed by atoms with Gasteiger partial charge >= 0.3 is 6.03 Å². The van der Waals surface area contributed by atoms with E-state index in [1.807, 2.05) is 0 Å². The molecule has 0 unspecified atom stereocenters. The summed E-state index contributed by atoms with van der Waals surface area (Å²) in [5.74, 6) is 5.16. The number of nitro benzene ring substituents is 1. The minimum Gasteiger partial charge on any atom is -0.341 e. The van der Waals surface area contributed by atoms with Crippen LogP contribution in [0.1, 0.15) is 15.9 Å². The number of amides is 3. The number of halogens is 1. The molecule has 1 heterocycles. The molecule has 1 saturated heterocycles. The summed E-state index contributed by atoms with van der Waals surface area (Å²) >= 11 is 5.93. The van der Waals surface area contributed by atoms with E-state index in [0.717, 1.165) is 17.3 Å². The Hall–Kier alpha value is -3.57. The van der Waals surface area contributed by atoms with E-state index in [0.29, 0.717) is 13.1 Å². The largest absolute Gasteiger partial charge is 0.341 e. The second-order valence-electron chi connectivity index (χ2n) is 5.84. The Morgan fingerprint density at radius 2 is 2.04 bits per heavy atom. The van der Waals surface area contributed by atoms with Crippen LogP contribution in [0.5, 0.6) is 0 Å². The molecule has 0 spiro atoms. The van der Waals surface area contributed by atoms with Gasteiger partial charge in [0, 0.05) is 36.5 Å². The summed E-state index contributed by atoms with van der Waals surface area (Å²) in [6, 6.07) is 10.7. The second kappa shape index (κ2) is 8.41. The molecule has 0 aromatic heterocycles. The van der Waals surface area contributed by atoms with Crippen molar-refractivity contribution < 1.29 is 14.5 Å². The van der Waals surface area contributed by atoms with E-state index >= 15 is 0 Å². The summed E-state index contributed by atoms with van der Waals surface area (Å²) < 4.78 is 0. The summed E-state index contributed by atoms with van der Waals surface area (Å²) in [7, 11) is 0. The lowest BCUT2D eigenvalue weighted by molar-refractivity contribution is -0.384. The number of carbonyl (C=O) groups is 2. The summed E-state index contributed by atoms with van der Waals surface area (Å²) in [5, 5.41) is 16.2. The molecular weight excluding hydrogens is 384 g/mol. The molecule has 1 fully saturated rings. The van der Waals surface area contributed by atoms with Gasteiger partial charge in [-0.2, -0.15) is 0 Å². The third-order valence-electron chi connectivity index (χ3n) is 4.01. The van der Waals surface area contributed by atoms with Crippen molar-refractivity contribution in [3.63, 3.8) is 0 Å². The standard InChI is InChI=1S/C19H15ClN4O4/c20-17-8-7-15(24(27)28)12-16(17)18(25)21-9-1-2-13-3-5-14(6-4-13)23-11-10-22-19(23)26/h3-8,12H,9-11H2,(H,21,25)(H,22,26). The van der Waals surface area contributed by atoms with E-state index in [4.69, 9.17) is 11.6 Å². The molecule has 2 aromatic rings. The second-order valence-corrected chi connectivity index (χ2v) is 6.24. The maximum Gasteiger partial charge on any atom is 0.321 e. The van der Waals surface area contributed by atoms with Crippen LogP contribution in [0.15, 0.2) is 42.5 Å². The molecule has 3 rings (SSSR count). The van der Waals surface area contributed by atoms with Gasteiger partial charge in [0.25, 0.3) is 11.6 Å². The van der Waals surface area contributed by atoms with Crippen molar-refractivity contribution >= 4 is 34.9 Å².